The van der Waals surface area contributed by atoms with Crippen LogP contribution in [0, 0.1) is 3.57 Å². The maximum atomic E-state index is 11.9. The minimum Gasteiger partial charge on any atom is -0.445 e. The Morgan fingerprint density at radius 2 is 1.71 bits per heavy atom. The van der Waals surface area contributed by atoms with Crippen molar-refractivity contribution in [1.29, 1.82) is 0 Å². The van der Waals surface area contributed by atoms with Crippen LogP contribution in [0.25, 0.3) is 0 Å². The van der Waals surface area contributed by atoms with Crippen molar-refractivity contribution >= 4 is 28.7 Å². The fourth-order valence-electron chi connectivity index (χ4n) is 1.95. The van der Waals surface area contributed by atoms with E-state index in [4.69, 9.17) is 4.74 Å². The molecular formula is C17H18INO2. The quantitative estimate of drug-likeness (QED) is 0.777. The van der Waals surface area contributed by atoms with Gasteiger partial charge in [-0.15, -0.1) is 0 Å². The van der Waals surface area contributed by atoms with Crippen LogP contribution in [0.3, 0.4) is 0 Å². The molecule has 0 fully saturated rings. The van der Waals surface area contributed by atoms with Gasteiger partial charge in [0.1, 0.15) is 6.61 Å². The summed E-state index contributed by atoms with van der Waals surface area (Å²) in [7, 11) is 0. The van der Waals surface area contributed by atoms with Gasteiger partial charge in [0.05, 0.1) is 5.54 Å². The first kappa shape index (κ1) is 15.8. The van der Waals surface area contributed by atoms with E-state index in [-0.39, 0.29) is 6.61 Å². The second-order valence-corrected chi connectivity index (χ2v) is 6.56. The molecule has 110 valence electrons. The van der Waals surface area contributed by atoms with E-state index in [1.54, 1.807) is 0 Å². The second-order valence-electron chi connectivity index (χ2n) is 5.32. The molecule has 3 nitrogen and oxygen atoms in total. The van der Waals surface area contributed by atoms with Crippen LogP contribution in [0.1, 0.15) is 25.0 Å². The molecule has 2 aromatic rings. The molecule has 0 atom stereocenters. The maximum absolute atomic E-state index is 11.9. The molecule has 0 saturated carbocycles. The summed E-state index contributed by atoms with van der Waals surface area (Å²) >= 11 is 2.26. The Bertz CT molecular complexity index is 594. The largest absolute Gasteiger partial charge is 0.445 e. The van der Waals surface area contributed by atoms with Crippen molar-refractivity contribution in [3.63, 3.8) is 0 Å². The lowest BCUT2D eigenvalue weighted by Gasteiger charge is -2.26. The molecule has 0 saturated heterocycles. The van der Waals surface area contributed by atoms with Gasteiger partial charge in [-0.25, -0.2) is 4.79 Å². The Kier molecular flexibility index (Phi) is 5.22. The molecule has 0 aliphatic rings. The molecule has 2 rings (SSSR count). The van der Waals surface area contributed by atoms with Gasteiger partial charge in [0.15, 0.2) is 0 Å². The zero-order chi connectivity index (χ0) is 15.3. The predicted octanol–water partition coefficient (Wildman–Crippen LogP) is 4.45. The van der Waals surface area contributed by atoms with Gasteiger partial charge in [-0.05, 0) is 59.7 Å². The highest BCUT2D eigenvalue weighted by atomic mass is 127. The van der Waals surface area contributed by atoms with E-state index < -0.39 is 11.6 Å². The van der Waals surface area contributed by atoms with E-state index >= 15 is 0 Å². The van der Waals surface area contributed by atoms with Crippen molar-refractivity contribution in [2.45, 2.75) is 26.0 Å². The molecule has 1 N–H and O–H groups in total. The molecule has 2 aromatic carbocycles. The van der Waals surface area contributed by atoms with Crippen molar-refractivity contribution in [2.24, 2.45) is 0 Å². The van der Waals surface area contributed by atoms with E-state index in [1.165, 1.54) is 3.57 Å². The summed E-state index contributed by atoms with van der Waals surface area (Å²) in [6.07, 6.45) is -0.414. The molecule has 0 unspecified atom stereocenters. The van der Waals surface area contributed by atoms with E-state index in [1.807, 2.05) is 68.4 Å². The number of carbonyl (C=O) groups is 1. The highest BCUT2D eigenvalue weighted by Crippen LogP contribution is 2.21. The van der Waals surface area contributed by atoms with Gasteiger partial charge in [-0.3, -0.25) is 0 Å². The average Bonchev–Trinajstić information content (AvgIpc) is 2.46. The van der Waals surface area contributed by atoms with E-state index in [0.717, 1.165) is 11.1 Å². The lowest BCUT2D eigenvalue weighted by molar-refractivity contribution is 0.129. The van der Waals surface area contributed by atoms with Crippen molar-refractivity contribution in [1.82, 2.24) is 5.32 Å². The van der Waals surface area contributed by atoms with Crippen LogP contribution in [0.4, 0.5) is 4.79 Å². The van der Waals surface area contributed by atoms with Crippen LogP contribution in [-0.4, -0.2) is 6.09 Å². The normalized spacial score (nSPS) is 11.0. The Morgan fingerprint density at radius 1 is 1.10 bits per heavy atom. The second kappa shape index (κ2) is 6.93. The summed E-state index contributed by atoms with van der Waals surface area (Å²) in [5, 5.41) is 2.90. The minimum absolute atomic E-state index is 0.273. The molecule has 0 aliphatic heterocycles. The van der Waals surface area contributed by atoms with Crippen LogP contribution >= 0.6 is 22.6 Å². The molecule has 4 heteroatoms. The lowest BCUT2D eigenvalue weighted by atomic mass is 9.95. The fourth-order valence-corrected chi connectivity index (χ4v) is 2.31. The molecular weight excluding hydrogens is 377 g/mol. The average molecular weight is 395 g/mol. The molecule has 0 radical (unpaired) electrons. The Balaban J connectivity index is 1.93. The topological polar surface area (TPSA) is 38.3 Å². The Morgan fingerprint density at radius 3 is 2.33 bits per heavy atom. The number of hydrogen-bond acceptors (Lipinski definition) is 2. The van der Waals surface area contributed by atoms with Gasteiger partial charge in [0, 0.05) is 3.57 Å². The van der Waals surface area contributed by atoms with Gasteiger partial charge in [0.2, 0.25) is 0 Å². The highest BCUT2D eigenvalue weighted by molar-refractivity contribution is 14.1. The SMILES string of the molecule is CC(C)(NC(=O)OCc1ccccc1)c1ccc(I)cc1. The lowest BCUT2D eigenvalue weighted by Crippen LogP contribution is -2.41. The van der Waals surface area contributed by atoms with Crippen LogP contribution in [0.2, 0.25) is 0 Å². The number of halogens is 1. The molecule has 1 amide bonds. The Labute approximate surface area is 138 Å². The molecule has 0 bridgehead atoms. The zero-order valence-electron chi connectivity index (χ0n) is 12.1. The van der Waals surface area contributed by atoms with Crippen molar-refractivity contribution in [2.75, 3.05) is 0 Å². The predicted molar refractivity (Wildman–Crippen MR) is 91.9 cm³/mol. The number of ether oxygens (including phenoxy) is 1. The first-order chi connectivity index (χ1) is 9.97. The molecule has 0 spiro atoms. The van der Waals surface area contributed by atoms with Gasteiger partial charge < -0.3 is 10.1 Å². The standard InChI is InChI=1S/C17H18INO2/c1-17(2,14-8-10-15(18)11-9-14)19-16(20)21-12-13-6-4-3-5-7-13/h3-11H,12H2,1-2H3,(H,19,20). The Hall–Kier alpha value is -1.56. The zero-order valence-corrected chi connectivity index (χ0v) is 14.3. The molecule has 0 aliphatic carbocycles. The van der Waals surface area contributed by atoms with Gasteiger partial charge in [-0.1, -0.05) is 42.5 Å². The summed E-state index contributed by atoms with van der Waals surface area (Å²) in [6.45, 7) is 4.19. The van der Waals surface area contributed by atoms with Crippen molar-refractivity contribution in [3.05, 3.63) is 69.3 Å². The number of hydrogen-bond donors (Lipinski definition) is 1. The first-order valence-corrected chi connectivity index (χ1v) is 7.80. The third kappa shape index (κ3) is 4.74. The van der Waals surface area contributed by atoms with E-state index in [2.05, 4.69) is 27.9 Å². The summed E-state index contributed by atoms with van der Waals surface area (Å²) in [5.74, 6) is 0. The number of benzene rings is 2. The van der Waals surface area contributed by atoms with Gasteiger partial charge in [0.25, 0.3) is 0 Å². The van der Waals surface area contributed by atoms with Crippen LogP contribution in [0.15, 0.2) is 54.6 Å². The first-order valence-electron chi connectivity index (χ1n) is 6.72. The van der Waals surface area contributed by atoms with Crippen molar-refractivity contribution in [3.8, 4) is 0 Å². The van der Waals surface area contributed by atoms with E-state index in [0.29, 0.717) is 0 Å². The third-order valence-corrected chi connectivity index (χ3v) is 3.91. The monoisotopic (exact) mass is 395 g/mol. The third-order valence-electron chi connectivity index (χ3n) is 3.19. The maximum Gasteiger partial charge on any atom is 0.408 e. The van der Waals surface area contributed by atoms with Gasteiger partial charge in [-0.2, -0.15) is 0 Å². The number of nitrogens with one attached hydrogen (secondary N) is 1. The van der Waals surface area contributed by atoms with Crippen LogP contribution in [0.5, 0.6) is 0 Å². The van der Waals surface area contributed by atoms with Gasteiger partial charge >= 0.3 is 6.09 Å². The molecule has 0 heterocycles. The molecule has 21 heavy (non-hydrogen) atoms. The minimum atomic E-state index is -0.474. The number of carbonyl (C=O) groups excluding carboxylic acids is 1. The van der Waals surface area contributed by atoms with Crippen molar-refractivity contribution < 1.29 is 9.53 Å². The summed E-state index contributed by atoms with van der Waals surface area (Å²) < 4.78 is 6.42. The van der Waals surface area contributed by atoms with Crippen LogP contribution in [-0.2, 0) is 16.9 Å². The van der Waals surface area contributed by atoms with Crippen LogP contribution < -0.4 is 5.32 Å². The summed E-state index contributed by atoms with van der Waals surface area (Å²) in [4.78, 5) is 11.9. The summed E-state index contributed by atoms with van der Waals surface area (Å²) in [5.41, 5.74) is 1.54. The highest BCUT2D eigenvalue weighted by Gasteiger charge is 2.23. The number of alkyl carbamates (subject to hydrolysis) is 1. The number of amides is 1. The summed E-state index contributed by atoms with van der Waals surface area (Å²) in [6, 6.07) is 17.7. The van der Waals surface area contributed by atoms with E-state index in [9.17, 15) is 4.79 Å². The number of rotatable bonds is 4. The smallest absolute Gasteiger partial charge is 0.408 e. The fraction of sp³-hybridized carbons (Fsp3) is 0.235. The molecule has 0 aromatic heterocycles.